The molecule has 4 heteroatoms. The zero-order chi connectivity index (χ0) is 14.8. The molecule has 4 nitrogen and oxygen atoms in total. The van der Waals surface area contributed by atoms with Crippen LogP contribution in [0.3, 0.4) is 0 Å². The third kappa shape index (κ3) is 3.17. The SMILES string of the molecule is CN1[C@H]2CC(OC(=O)C=Cc3ccccc3)C[C@@H]1C(O)C2. The van der Waals surface area contributed by atoms with E-state index in [4.69, 9.17) is 4.74 Å². The zero-order valence-corrected chi connectivity index (χ0v) is 12.2. The lowest BCUT2D eigenvalue weighted by molar-refractivity contribution is -0.146. The van der Waals surface area contributed by atoms with E-state index < -0.39 is 0 Å². The normalized spacial score (nSPS) is 32.5. The first-order chi connectivity index (χ1) is 10.1. The van der Waals surface area contributed by atoms with E-state index in [9.17, 15) is 9.90 Å². The van der Waals surface area contributed by atoms with Crippen LogP contribution in [-0.2, 0) is 9.53 Å². The summed E-state index contributed by atoms with van der Waals surface area (Å²) in [6.07, 6.45) is 5.19. The quantitative estimate of drug-likeness (QED) is 0.681. The molecular formula is C17H21NO3. The average molecular weight is 287 g/mol. The number of aliphatic hydroxyl groups excluding tert-OH is 1. The van der Waals surface area contributed by atoms with Gasteiger partial charge in [0.05, 0.1) is 6.10 Å². The van der Waals surface area contributed by atoms with Crippen molar-refractivity contribution >= 4 is 12.0 Å². The van der Waals surface area contributed by atoms with Gasteiger partial charge in [-0.3, -0.25) is 4.90 Å². The summed E-state index contributed by atoms with van der Waals surface area (Å²) in [6, 6.07) is 10.1. The van der Waals surface area contributed by atoms with Gasteiger partial charge < -0.3 is 9.84 Å². The first kappa shape index (κ1) is 14.3. The van der Waals surface area contributed by atoms with Crippen LogP contribution in [0, 0.1) is 0 Å². The fraction of sp³-hybridized carbons (Fsp3) is 0.471. The highest BCUT2D eigenvalue weighted by Gasteiger charge is 2.45. The van der Waals surface area contributed by atoms with Crippen LogP contribution < -0.4 is 0 Å². The monoisotopic (exact) mass is 287 g/mol. The van der Waals surface area contributed by atoms with Crippen LogP contribution >= 0.6 is 0 Å². The molecule has 2 bridgehead atoms. The summed E-state index contributed by atoms with van der Waals surface area (Å²) >= 11 is 0. The van der Waals surface area contributed by atoms with Crippen molar-refractivity contribution in [2.45, 2.75) is 43.6 Å². The Morgan fingerprint density at radius 1 is 1.29 bits per heavy atom. The smallest absolute Gasteiger partial charge is 0.331 e. The molecule has 2 unspecified atom stereocenters. The number of benzene rings is 1. The maximum Gasteiger partial charge on any atom is 0.331 e. The van der Waals surface area contributed by atoms with Gasteiger partial charge in [0.1, 0.15) is 6.10 Å². The van der Waals surface area contributed by atoms with Gasteiger partial charge in [0.15, 0.2) is 0 Å². The number of rotatable bonds is 3. The van der Waals surface area contributed by atoms with E-state index in [2.05, 4.69) is 4.90 Å². The number of carbonyl (C=O) groups excluding carboxylic acids is 1. The molecule has 2 saturated heterocycles. The number of nitrogens with zero attached hydrogens (tertiary/aromatic N) is 1. The molecule has 3 rings (SSSR count). The minimum absolute atomic E-state index is 0.0822. The predicted molar refractivity (Wildman–Crippen MR) is 80.6 cm³/mol. The van der Waals surface area contributed by atoms with Gasteiger partial charge in [-0.2, -0.15) is 0 Å². The van der Waals surface area contributed by atoms with Gasteiger partial charge in [-0.25, -0.2) is 4.79 Å². The van der Waals surface area contributed by atoms with Crippen LogP contribution in [0.1, 0.15) is 24.8 Å². The Hall–Kier alpha value is -1.65. The fourth-order valence-corrected chi connectivity index (χ4v) is 3.43. The van der Waals surface area contributed by atoms with Gasteiger partial charge in [0, 0.05) is 31.0 Å². The molecule has 112 valence electrons. The second-order valence-corrected chi connectivity index (χ2v) is 5.96. The molecule has 0 spiro atoms. The number of fused-ring (bicyclic) bond motifs is 2. The van der Waals surface area contributed by atoms with Crippen molar-refractivity contribution < 1.29 is 14.6 Å². The molecule has 4 atom stereocenters. The second-order valence-electron chi connectivity index (χ2n) is 5.96. The number of ether oxygens (including phenoxy) is 1. The highest BCUT2D eigenvalue weighted by Crippen LogP contribution is 2.35. The standard InChI is InChI=1S/C17H21NO3/c1-18-13-9-14(11-15(18)16(19)10-13)21-17(20)8-7-12-5-3-2-4-6-12/h2-8,13-16,19H,9-11H2,1H3/t13-,14?,15+,16?/m0/s1. The summed E-state index contributed by atoms with van der Waals surface area (Å²) in [5.74, 6) is -0.303. The molecule has 1 aromatic carbocycles. The van der Waals surface area contributed by atoms with E-state index in [1.165, 1.54) is 6.08 Å². The molecule has 21 heavy (non-hydrogen) atoms. The second kappa shape index (κ2) is 6.00. The van der Waals surface area contributed by atoms with Crippen LogP contribution in [0.2, 0.25) is 0 Å². The van der Waals surface area contributed by atoms with Crippen molar-refractivity contribution in [1.82, 2.24) is 4.90 Å². The van der Waals surface area contributed by atoms with Crippen molar-refractivity contribution in [2.75, 3.05) is 7.05 Å². The molecule has 0 amide bonds. The largest absolute Gasteiger partial charge is 0.459 e. The maximum absolute atomic E-state index is 11.9. The number of piperidine rings is 1. The first-order valence-corrected chi connectivity index (χ1v) is 7.47. The Labute approximate surface area is 125 Å². The third-order valence-electron chi connectivity index (χ3n) is 4.59. The van der Waals surface area contributed by atoms with E-state index in [1.54, 1.807) is 6.08 Å². The fourth-order valence-electron chi connectivity index (χ4n) is 3.43. The summed E-state index contributed by atoms with van der Waals surface area (Å²) < 4.78 is 5.53. The Bertz CT molecular complexity index is 528. The lowest BCUT2D eigenvalue weighted by Crippen LogP contribution is -2.45. The lowest BCUT2D eigenvalue weighted by atomic mass is 10.0. The van der Waals surface area contributed by atoms with Gasteiger partial charge in [-0.1, -0.05) is 30.3 Å². The molecular weight excluding hydrogens is 266 g/mol. The Morgan fingerprint density at radius 3 is 2.76 bits per heavy atom. The van der Waals surface area contributed by atoms with Crippen LogP contribution in [0.5, 0.6) is 0 Å². The van der Waals surface area contributed by atoms with Gasteiger partial charge in [0.25, 0.3) is 0 Å². The first-order valence-electron chi connectivity index (χ1n) is 7.47. The van der Waals surface area contributed by atoms with Crippen LogP contribution in [0.15, 0.2) is 36.4 Å². The van der Waals surface area contributed by atoms with Crippen molar-refractivity contribution in [3.8, 4) is 0 Å². The van der Waals surface area contributed by atoms with E-state index in [-0.39, 0.29) is 24.2 Å². The number of likely N-dealkylation sites (N-methyl/N-ethyl adjacent to an activating group) is 1. The highest BCUT2D eigenvalue weighted by atomic mass is 16.5. The molecule has 2 heterocycles. The summed E-state index contributed by atoms with van der Waals surface area (Å²) in [5.41, 5.74) is 0.980. The number of aliphatic hydroxyl groups is 1. The van der Waals surface area contributed by atoms with E-state index >= 15 is 0 Å². The topological polar surface area (TPSA) is 49.8 Å². The number of hydrogen-bond donors (Lipinski definition) is 1. The van der Waals surface area contributed by atoms with Gasteiger partial charge in [-0.15, -0.1) is 0 Å². The van der Waals surface area contributed by atoms with Crippen molar-refractivity contribution in [3.63, 3.8) is 0 Å². The number of esters is 1. The van der Waals surface area contributed by atoms with E-state index in [0.29, 0.717) is 6.04 Å². The minimum atomic E-state index is -0.303. The number of hydrogen-bond acceptors (Lipinski definition) is 4. The molecule has 2 aliphatic rings. The third-order valence-corrected chi connectivity index (χ3v) is 4.59. The molecule has 0 saturated carbocycles. The van der Waals surface area contributed by atoms with Crippen molar-refractivity contribution in [3.05, 3.63) is 42.0 Å². The molecule has 0 radical (unpaired) electrons. The van der Waals surface area contributed by atoms with Crippen LogP contribution in [0.25, 0.3) is 6.08 Å². The predicted octanol–water partition coefficient (Wildman–Crippen LogP) is 1.84. The van der Waals surface area contributed by atoms with Crippen LogP contribution in [-0.4, -0.2) is 47.3 Å². The van der Waals surface area contributed by atoms with Crippen LogP contribution in [0.4, 0.5) is 0 Å². The molecule has 2 fully saturated rings. The minimum Gasteiger partial charge on any atom is -0.459 e. The molecule has 1 N–H and O–H groups in total. The lowest BCUT2D eigenvalue weighted by Gasteiger charge is -2.35. The Kier molecular flexibility index (Phi) is 4.08. The summed E-state index contributed by atoms with van der Waals surface area (Å²) in [5, 5.41) is 9.98. The maximum atomic E-state index is 11.9. The molecule has 1 aromatic rings. The highest BCUT2D eigenvalue weighted by molar-refractivity contribution is 5.87. The van der Waals surface area contributed by atoms with Crippen molar-refractivity contribution in [2.24, 2.45) is 0 Å². The van der Waals surface area contributed by atoms with Gasteiger partial charge in [0.2, 0.25) is 0 Å². The Morgan fingerprint density at radius 2 is 2.05 bits per heavy atom. The Balaban J connectivity index is 1.56. The summed E-state index contributed by atoms with van der Waals surface area (Å²) in [4.78, 5) is 14.1. The molecule has 0 aliphatic carbocycles. The molecule has 0 aromatic heterocycles. The van der Waals surface area contributed by atoms with E-state index in [0.717, 1.165) is 24.8 Å². The average Bonchev–Trinajstić information content (AvgIpc) is 2.65. The van der Waals surface area contributed by atoms with Gasteiger partial charge in [-0.05, 0) is 25.1 Å². The number of carbonyl (C=O) groups is 1. The van der Waals surface area contributed by atoms with Crippen molar-refractivity contribution in [1.29, 1.82) is 0 Å². The zero-order valence-electron chi connectivity index (χ0n) is 12.2. The van der Waals surface area contributed by atoms with Gasteiger partial charge >= 0.3 is 5.97 Å². The summed E-state index contributed by atoms with van der Waals surface area (Å²) in [7, 11) is 2.04. The summed E-state index contributed by atoms with van der Waals surface area (Å²) in [6.45, 7) is 0. The van der Waals surface area contributed by atoms with E-state index in [1.807, 2.05) is 37.4 Å². The molecule has 2 aliphatic heterocycles.